The van der Waals surface area contributed by atoms with E-state index >= 15 is 0 Å². The van der Waals surface area contributed by atoms with Crippen molar-refractivity contribution in [3.8, 4) is 5.88 Å². The van der Waals surface area contributed by atoms with Gasteiger partial charge >= 0.3 is 0 Å². The highest BCUT2D eigenvalue weighted by Crippen LogP contribution is 2.35. The van der Waals surface area contributed by atoms with Crippen LogP contribution in [0.25, 0.3) is 0 Å². The van der Waals surface area contributed by atoms with E-state index in [9.17, 15) is 4.79 Å². The van der Waals surface area contributed by atoms with E-state index in [0.717, 1.165) is 56.0 Å². The number of aliphatic hydroxyl groups is 1. The van der Waals surface area contributed by atoms with Crippen LogP contribution in [0.2, 0.25) is 0 Å². The molecule has 1 amide bonds. The van der Waals surface area contributed by atoms with Crippen molar-refractivity contribution in [3.05, 3.63) is 41.7 Å². The number of carbonyl (C=O) groups excluding carboxylic acids is 1. The number of aromatic nitrogens is 2. The molecule has 0 spiro atoms. The minimum absolute atomic E-state index is 0.0834. The van der Waals surface area contributed by atoms with Crippen LogP contribution >= 0.6 is 0 Å². The lowest BCUT2D eigenvalue weighted by Gasteiger charge is -2.24. The summed E-state index contributed by atoms with van der Waals surface area (Å²) in [5.74, 6) is 1.23. The second-order valence-corrected chi connectivity index (χ2v) is 7.58. The molecule has 1 aromatic carbocycles. The number of benzene rings is 1. The van der Waals surface area contributed by atoms with Crippen LogP contribution in [0.15, 0.2) is 30.6 Å². The van der Waals surface area contributed by atoms with Crippen LogP contribution in [0, 0.1) is 0 Å². The van der Waals surface area contributed by atoms with E-state index in [2.05, 4.69) is 25.5 Å². The Labute approximate surface area is 170 Å². The molecule has 2 aliphatic heterocycles. The first-order chi connectivity index (χ1) is 14.1. The zero-order chi connectivity index (χ0) is 20.2. The summed E-state index contributed by atoms with van der Waals surface area (Å²) in [4.78, 5) is 23.2. The number of amides is 1. The van der Waals surface area contributed by atoms with E-state index in [1.807, 2.05) is 24.3 Å². The van der Waals surface area contributed by atoms with E-state index in [1.54, 1.807) is 13.3 Å². The molecular weight excluding hydrogens is 370 g/mol. The molecule has 1 atom stereocenters. The Kier molecular flexibility index (Phi) is 5.92. The SMILES string of the molecule is C[C@H](CO)NC(=O)c1ccc2c(c1)CCN2c1cc(OC2CCNCC2)ncn1. The number of anilines is 2. The largest absolute Gasteiger partial charge is 0.474 e. The fraction of sp³-hybridized carbons (Fsp3) is 0.476. The molecule has 4 rings (SSSR count). The molecule has 2 aliphatic rings. The van der Waals surface area contributed by atoms with Crippen molar-refractivity contribution in [1.29, 1.82) is 0 Å². The zero-order valence-corrected chi connectivity index (χ0v) is 16.6. The third-order valence-electron chi connectivity index (χ3n) is 5.37. The first kappa shape index (κ1) is 19.6. The molecule has 154 valence electrons. The molecule has 0 radical (unpaired) electrons. The third-order valence-corrected chi connectivity index (χ3v) is 5.37. The Morgan fingerprint density at radius 2 is 2.17 bits per heavy atom. The summed E-state index contributed by atoms with van der Waals surface area (Å²) in [5.41, 5.74) is 2.75. The van der Waals surface area contributed by atoms with Gasteiger partial charge in [0.1, 0.15) is 18.2 Å². The highest BCUT2D eigenvalue weighted by atomic mass is 16.5. The molecule has 1 fully saturated rings. The Morgan fingerprint density at radius 3 is 2.97 bits per heavy atom. The summed E-state index contributed by atoms with van der Waals surface area (Å²) in [6.07, 6.45) is 4.52. The maximum Gasteiger partial charge on any atom is 0.251 e. The summed E-state index contributed by atoms with van der Waals surface area (Å²) < 4.78 is 6.05. The van der Waals surface area contributed by atoms with E-state index in [1.165, 1.54) is 0 Å². The van der Waals surface area contributed by atoms with Crippen molar-refractivity contribution < 1.29 is 14.6 Å². The highest BCUT2D eigenvalue weighted by Gasteiger charge is 2.24. The van der Waals surface area contributed by atoms with E-state index < -0.39 is 0 Å². The van der Waals surface area contributed by atoms with Crippen LogP contribution < -0.4 is 20.3 Å². The van der Waals surface area contributed by atoms with Gasteiger partial charge in [0, 0.05) is 29.9 Å². The first-order valence-electron chi connectivity index (χ1n) is 10.2. The second-order valence-electron chi connectivity index (χ2n) is 7.58. The van der Waals surface area contributed by atoms with Crippen LogP contribution in [0.1, 0.15) is 35.7 Å². The molecule has 2 aromatic rings. The van der Waals surface area contributed by atoms with Gasteiger partial charge in [-0.05, 0) is 63.0 Å². The maximum atomic E-state index is 12.3. The van der Waals surface area contributed by atoms with Gasteiger partial charge < -0.3 is 25.4 Å². The third kappa shape index (κ3) is 4.49. The van der Waals surface area contributed by atoms with Gasteiger partial charge in [-0.25, -0.2) is 9.97 Å². The van der Waals surface area contributed by atoms with Crippen molar-refractivity contribution >= 4 is 17.4 Å². The Bertz CT molecular complexity index is 869. The van der Waals surface area contributed by atoms with Crippen LogP contribution in [-0.4, -0.2) is 59.4 Å². The lowest BCUT2D eigenvalue weighted by molar-refractivity contribution is 0.0922. The van der Waals surface area contributed by atoms with Crippen molar-refractivity contribution in [3.63, 3.8) is 0 Å². The summed E-state index contributed by atoms with van der Waals surface area (Å²) in [7, 11) is 0. The molecule has 8 nitrogen and oxygen atoms in total. The van der Waals surface area contributed by atoms with Crippen LogP contribution in [0.4, 0.5) is 11.5 Å². The predicted octanol–water partition coefficient (Wildman–Crippen LogP) is 1.41. The maximum absolute atomic E-state index is 12.3. The van der Waals surface area contributed by atoms with Crippen molar-refractivity contribution in [1.82, 2.24) is 20.6 Å². The normalized spacial score (nSPS) is 17.7. The molecule has 29 heavy (non-hydrogen) atoms. The fourth-order valence-corrected chi connectivity index (χ4v) is 3.76. The molecule has 3 N–H and O–H groups in total. The number of aliphatic hydroxyl groups excluding tert-OH is 1. The Balaban J connectivity index is 1.49. The number of fused-ring (bicyclic) bond motifs is 1. The van der Waals surface area contributed by atoms with Gasteiger partial charge in [0.05, 0.1) is 6.61 Å². The van der Waals surface area contributed by atoms with Gasteiger partial charge in [-0.15, -0.1) is 0 Å². The smallest absolute Gasteiger partial charge is 0.251 e. The van der Waals surface area contributed by atoms with Gasteiger partial charge in [0.2, 0.25) is 5.88 Å². The van der Waals surface area contributed by atoms with Gasteiger partial charge in [-0.3, -0.25) is 4.79 Å². The molecule has 0 bridgehead atoms. The van der Waals surface area contributed by atoms with Gasteiger partial charge in [-0.2, -0.15) is 0 Å². The molecule has 1 saturated heterocycles. The highest BCUT2D eigenvalue weighted by molar-refractivity contribution is 5.95. The fourth-order valence-electron chi connectivity index (χ4n) is 3.76. The van der Waals surface area contributed by atoms with Gasteiger partial charge in [0.15, 0.2) is 0 Å². The molecular formula is C21H27N5O3. The predicted molar refractivity (Wildman–Crippen MR) is 110 cm³/mol. The Morgan fingerprint density at radius 1 is 1.34 bits per heavy atom. The average Bonchev–Trinajstić information content (AvgIpc) is 3.18. The van der Waals surface area contributed by atoms with Gasteiger partial charge in [0.25, 0.3) is 5.91 Å². The lowest BCUT2D eigenvalue weighted by Crippen LogP contribution is -2.35. The van der Waals surface area contributed by atoms with Crippen LogP contribution in [0.5, 0.6) is 5.88 Å². The number of nitrogens with one attached hydrogen (secondary N) is 2. The molecule has 0 unspecified atom stereocenters. The number of piperidine rings is 1. The molecule has 1 aromatic heterocycles. The zero-order valence-electron chi connectivity index (χ0n) is 16.6. The minimum atomic E-state index is -0.272. The monoisotopic (exact) mass is 397 g/mol. The number of hydrogen-bond acceptors (Lipinski definition) is 7. The average molecular weight is 397 g/mol. The number of hydrogen-bond donors (Lipinski definition) is 3. The minimum Gasteiger partial charge on any atom is -0.474 e. The van der Waals surface area contributed by atoms with Crippen molar-refractivity contribution in [2.45, 2.75) is 38.3 Å². The molecule has 0 aliphatic carbocycles. The van der Waals surface area contributed by atoms with Crippen LogP contribution in [0.3, 0.4) is 0 Å². The van der Waals surface area contributed by atoms with Crippen LogP contribution in [-0.2, 0) is 6.42 Å². The number of carbonyl (C=O) groups is 1. The standard InChI is InChI=1S/C21H27N5O3/c1-14(12-27)25-21(28)16-2-3-18-15(10-16)6-9-26(18)19-11-20(24-13-23-19)29-17-4-7-22-8-5-17/h2-3,10-11,13-14,17,22,27H,4-9,12H2,1H3,(H,25,28)/t14-/m1/s1. The summed E-state index contributed by atoms with van der Waals surface area (Å²) >= 11 is 0. The van der Waals surface area contributed by atoms with E-state index in [-0.39, 0.29) is 24.7 Å². The number of ether oxygens (including phenoxy) is 1. The second kappa shape index (κ2) is 8.75. The molecule has 0 saturated carbocycles. The Hall–Kier alpha value is -2.71. The summed E-state index contributed by atoms with van der Waals surface area (Å²) in [6.45, 7) is 4.41. The summed E-state index contributed by atoms with van der Waals surface area (Å²) in [5, 5.41) is 15.2. The van der Waals surface area contributed by atoms with E-state index in [4.69, 9.17) is 9.84 Å². The first-order valence-corrected chi connectivity index (χ1v) is 10.2. The van der Waals surface area contributed by atoms with E-state index in [0.29, 0.717) is 11.4 Å². The van der Waals surface area contributed by atoms with Gasteiger partial charge in [-0.1, -0.05) is 0 Å². The number of nitrogens with zero attached hydrogens (tertiary/aromatic N) is 3. The summed E-state index contributed by atoms with van der Waals surface area (Å²) in [6, 6.07) is 7.30. The molecule has 8 heteroatoms. The quantitative estimate of drug-likeness (QED) is 0.678. The van der Waals surface area contributed by atoms with Crippen molar-refractivity contribution in [2.24, 2.45) is 0 Å². The molecule has 3 heterocycles. The topological polar surface area (TPSA) is 99.6 Å². The lowest BCUT2D eigenvalue weighted by atomic mass is 10.1. The number of rotatable bonds is 6. The van der Waals surface area contributed by atoms with Crippen molar-refractivity contribution in [2.75, 3.05) is 31.1 Å².